The molecule has 0 aliphatic carbocycles. The second kappa shape index (κ2) is 9.56. The fourth-order valence-corrected chi connectivity index (χ4v) is 3.73. The molecule has 0 saturated heterocycles. The summed E-state index contributed by atoms with van der Waals surface area (Å²) in [7, 11) is 1.58. The number of hydrogen-bond donors (Lipinski definition) is 4. The number of carbonyl (C=O) groups excluding carboxylic acids is 1. The van der Waals surface area contributed by atoms with Crippen LogP contribution in [0.1, 0.15) is 21.5 Å². The van der Waals surface area contributed by atoms with Gasteiger partial charge in [-0.1, -0.05) is 30.3 Å². The van der Waals surface area contributed by atoms with Crippen molar-refractivity contribution in [2.45, 2.75) is 11.8 Å². The van der Waals surface area contributed by atoms with E-state index in [1.807, 2.05) is 0 Å². The third-order valence-corrected chi connectivity index (χ3v) is 5.39. The second-order valence-corrected chi connectivity index (χ2v) is 7.91. The number of aliphatic imine (C=N–C) groups is 1. The number of amidine groups is 1. The first-order chi connectivity index (χ1) is 17.1. The third kappa shape index (κ3) is 5.22. The molecule has 1 aliphatic heterocycles. The van der Waals surface area contributed by atoms with Gasteiger partial charge in [-0.2, -0.15) is 18.3 Å². The maximum Gasteiger partial charge on any atom is 0.417 e. The van der Waals surface area contributed by atoms with E-state index in [9.17, 15) is 22.8 Å². The van der Waals surface area contributed by atoms with E-state index in [0.29, 0.717) is 5.56 Å². The summed E-state index contributed by atoms with van der Waals surface area (Å²) in [4.78, 5) is 28.8. The molecule has 4 rings (SSSR count). The van der Waals surface area contributed by atoms with Crippen LogP contribution in [0.2, 0.25) is 0 Å². The minimum absolute atomic E-state index is 0.0358. The van der Waals surface area contributed by atoms with Crippen molar-refractivity contribution < 1.29 is 27.9 Å². The monoisotopic (exact) mass is 498 g/mol. The number of benzene rings is 2. The second-order valence-electron chi connectivity index (χ2n) is 7.91. The summed E-state index contributed by atoms with van der Waals surface area (Å²) in [5.74, 6) is -0.462. The number of rotatable bonds is 6. The highest BCUT2D eigenvalue weighted by molar-refractivity contribution is 5.97. The molecule has 0 radical (unpaired) electrons. The van der Waals surface area contributed by atoms with E-state index in [-0.39, 0.29) is 29.2 Å². The van der Waals surface area contributed by atoms with Crippen LogP contribution in [-0.4, -0.2) is 39.3 Å². The van der Waals surface area contributed by atoms with Crippen molar-refractivity contribution in [2.24, 2.45) is 12.0 Å². The van der Waals surface area contributed by atoms with Crippen molar-refractivity contribution in [3.05, 3.63) is 89.8 Å². The third-order valence-electron chi connectivity index (χ3n) is 5.39. The summed E-state index contributed by atoms with van der Waals surface area (Å²) in [5, 5.41) is 20.8. The molecule has 1 aromatic heterocycles. The molecular formula is C24H21F3N6O3. The molecule has 3 aromatic rings. The highest BCUT2D eigenvalue weighted by atomic mass is 19.4. The van der Waals surface area contributed by atoms with E-state index in [0.717, 1.165) is 18.2 Å². The Morgan fingerprint density at radius 2 is 1.89 bits per heavy atom. The van der Waals surface area contributed by atoms with Crippen molar-refractivity contribution >= 4 is 17.8 Å². The van der Waals surface area contributed by atoms with E-state index < -0.39 is 29.4 Å². The van der Waals surface area contributed by atoms with Gasteiger partial charge in [-0.3, -0.25) is 9.48 Å². The zero-order valence-corrected chi connectivity index (χ0v) is 18.9. The number of halogens is 3. The summed E-state index contributed by atoms with van der Waals surface area (Å²) < 4.78 is 42.4. The Kier molecular flexibility index (Phi) is 6.51. The topological polar surface area (TPSA) is 121 Å². The molecule has 2 aromatic carbocycles. The Hall–Kier alpha value is -4.61. The van der Waals surface area contributed by atoms with Crippen LogP contribution in [0, 0.1) is 0 Å². The maximum absolute atomic E-state index is 13.7. The minimum atomic E-state index is -4.65. The van der Waals surface area contributed by atoms with E-state index in [4.69, 9.17) is 5.11 Å². The standard InChI is InChI=1S/C24H21F3N6O3/c1-33-12-9-19(32-33)17-13-15(7-8-18(17)24(25,26)27)21(34)31-23(16-5-3-2-4-6-16)10-11-28-20(30-23)14-29-22(35)36/h2-13,29H,14H2,1H3,(H,28,30)(H,31,34)(H,35,36)/t23-/m1/s1. The lowest BCUT2D eigenvalue weighted by atomic mass is 9.96. The van der Waals surface area contributed by atoms with E-state index in [1.165, 1.54) is 23.1 Å². The highest BCUT2D eigenvalue weighted by Gasteiger charge is 2.36. The number of hydrogen-bond acceptors (Lipinski definition) is 5. The van der Waals surface area contributed by atoms with Crippen LogP contribution >= 0.6 is 0 Å². The number of nitrogens with one attached hydrogen (secondary N) is 3. The molecule has 36 heavy (non-hydrogen) atoms. The zero-order chi connectivity index (χ0) is 25.9. The number of carboxylic acid groups (broad SMARTS) is 1. The summed E-state index contributed by atoms with van der Waals surface area (Å²) in [5.41, 5.74) is -2.00. The van der Waals surface area contributed by atoms with Crippen molar-refractivity contribution in [3.63, 3.8) is 0 Å². The maximum atomic E-state index is 13.7. The van der Waals surface area contributed by atoms with Gasteiger partial charge in [-0.15, -0.1) is 0 Å². The first-order valence-corrected chi connectivity index (χ1v) is 10.7. The SMILES string of the molecule is Cn1ccc(-c2cc(C(=O)N[C@@]3(c4ccccc4)C=CNC(CNC(=O)O)=N3)ccc2C(F)(F)F)n1. The minimum Gasteiger partial charge on any atom is -0.465 e. The average Bonchev–Trinajstić information content (AvgIpc) is 3.28. The van der Waals surface area contributed by atoms with Gasteiger partial charge in [-0.05, 0) is 30.3 Å². The Balaban J connectivity index is 1.74. The molecule has 12 heteroatoms. The molecule has 186 valence electrons. The predicted molar refractivity (Wildman–Crippen MR) is 125 cm³/mol. The van der Waals surface area contributed by atoms with Crippen LogP contribution in [0.25, 0.3) is 11.3 Å². The molecule has 0 bridgehead atoms. The van der Waals surface area contributed by atoms with Crippen LogP contribution in [-0.2, 0) is 18.9 Å². The van der Waals surface area contributed by atoms with Gasteiger partial charge < -0.3 is 21.1 Å². The smallest absolute Gasteiger partial charge is 0.417 e. The molecule has 0 spiro atoms. The number of aromatic nitrogens is 2. The summed E-state index contributed by atoms with van der Waals surface area (Å²) >= 11 is 0. The van der Waals surface area contributed by atoms with Gasteiger partial charge in [0.2, 0.25) is 0 Å². The van der Waals surface area contributed by atoms with Gasteiger partial charge in [-0.25, -0.2) is 9.79 Å². The van der Waals surface area contributed by atoms with E-state index in [1.54, 1.807) is 43.5 Å². The number of nitrogens with zero attached hydrogens (tertiary/aromatic N) is 3. The van der Waals surface area contributed by atoms with Gasteiger partial charge >= 0.3 is 12.3 Å². The molecular weight excluding hydrogens is 477 g/mol. The number of amides is 2. The van der Waals surface area contributed by atoms with Crippen LogP contribution in [0.5, 0.6) is 0 Å². The fraction of sp³-hybridized carbons (Fsp3) is 0.167. The van der Waals surface area contributed by atoms with Gasteiger partial charge in [0.15, 0.2) is 5.66 Å². The molecule has 0 unspecified atom stereocenters. The summed E-state index contributed by atoms with van der Waals surface area (Å²) in [6.07, 6.45) is -1.33. The molecule has 2 amide bonds. The van der Waals surface area contributed by atoms with Crippen molar-refractivity contribution in [1.82, 2.24) is 25.7 Å². The van der Waals surface area contributed by atoms with Gasteiger partial charge in [0.25, 0.3) is 5.91 Å². The van der Waals surface area contributed by atoms with Crippen LogP contribution in [0.3, 0.4) is 0 Å². The average molecular weight is 498 g/mol. The Morgan fingerprint density at radius 3 is 2.53 bits per heavy atom. The molecule has 0 fully saturated rings. The molecule has 1 aliphatic rings. The zero-order valence-electron chi connectivity index (χ0n) is 18.9. The van der Waals surface area contributed by atoms with Crippen molar-refractivity contribution in [2.75, 3.05) is 6.54 Å². The summed E-state index contributed by atoms with van der Waals surface area (Å²) in [6, 6.07) is 13.2. The van der Waals surface area contributed by atoms with Gasteiger partial charge in [0, 0.05) is 36.1 Å². The number of aryl methyl sites for hydroxylation is 1. The lowest BCUT2D eigenvalue weighted by Gasteiger charge is -2.32. The quantitative estimate of drug-likeness (QED) is 0.415. The molecule has 9 nitrogen and oxygen atoms in total. The first kappa shape index (κ1) is 24.5. The Morgan fingerprint density at radius 1 is 1.14 bits per heavy atom. The molecule has 1 atom stereocenters. The molecule has 2 heterocycles. The van der Waals surface area contributed by atoms with Gasteiger partial charge in [0.05, 0.1) is 17.8 Å². The molecule has 0 saturated carbocycles. The largest absolute Gasteiger partial charge is 0.465 e. The number of alkyl halides is 3. The summed E-state index contributed by atoms with van der Waals surface area (Å²) in [6.45, 7) is -0.159. The van der Waals surface area contributed by atoms with Crippen LogP contribution < -0.4 is 16.0 Å². The van der Waals surface area contributed by atoms with Crippen LogP contribution in [0.15, 0.2) is 78.1 Å². The lowest BCUT2D eigenvalue weighted by molar-refractivity contribution is -0.137. The first-order valence-electron chi connectivity index (χ1n) is 10.7. The normalized spacial score (nSPS) is 17.2. The van der Waals surface area contributed by atoms with Crippen molar-refractivity contribution in [1.29, 1.82) is 0 Å². The Labute approximate surface area is 203 Å². The molecule has 4 N–H and O–H groups in total. The fourth-order valence-electron chi connectivity index (χ4n) is 3.73. The highest BCUT2D eigenvalue weighted by Crippen LogP contribution is 2.37. The lowest BCUT2D eigenvalue weighted by Crippen LogP contribution is -2.48. The van der Waals surface area contributed by atoms with Crippen LogP contribution in [0.4, 0.5) is 18.0 Å². The predicted octanol–water partition coefficient (Wildman–Crippen LogP) is 3.47. The van der Waals surface area contributed by atoms with E-state index >= 15 is 0 Å². The Bertz CT molecular complexity index is 1350. The van der Waals surface area contributed by atoms with E-state index in [2.05, 4.69) is 26.0 Å². The van der Waals surface area contributed by atoms with Gasteiger partial charge in [0.1, 0.15) is 5.84 Å². The number of carbonyl (C=O) groups is 2. The van der Waals surface area contributed by atoms with Crippen molar-refractivity contribution in [3.8, 4) is 11.3 Å².